The second kappa shape index (κ2) is 6.91. The van der Waals surface area contributed by atoms with Gasteiger partial charge in [-0.05, 0) is 30.7 Å². The Bertz CT molecular complexity index is 601. The first kappa shape index (κ1) is 14.3. The van der Waals surface area contributed by atoms with Gasteiger partial charge >= 0.3 is 0 Å². The lowest BCUT2D eigenvalue weighted by Crippen LogP contribution is -2.15. The van der Waals surface area contributed by atoms with Gasteiger partial charge in [-0.3, -0.25) is 4.79 Å². The molecular weight excluding hydrogens is 274 g/mol. The summed E-state index contributed by atoms with van der Waals surface area (Å²) in [6.45, 7) is 2.90. The first-order valence-electron chi connectivity index (χ1n) is 6.46. The number of anilines is 2. The van der Waals surface area contributed by atoms with Gasteiger partial charge in [0.1, 0.15) is 5.15 Å². The van der Waals surface area contributed by atoms with E-state index in [9.17, 15) is 4.79 Å². The average Bonchev–Trinajstić information content (AvgIpc) is 2.45. The van der Waals surface area contributed by atoms with E-state index in [1.807, 2.05) is 18.2 Å². The topological polar surface area (TPSA) is 54.0 Å². The van der Waals surface area contributed by atoms with Gasteiger partial charge in [-0.15, -0.1) is 0 Å². The highest BCUT2D eigenvalue weighted by atomic mass is 35.5. The minimum absolute atomic E-state index is 0.175. The van der Waals surface area contributed by atoms with Crippen LogP contribution < -0.4 is 10.6 Å². The maximum absolute atomic E-state index is 12.3. The fraction of sp³-hybridized carbons (Fsp3) is 0.200. The highest BCUT2D eigenvalue weighted by molar-refractivity contribution is 6.29. The summed E-state index contributed by atoms with van der Waals surface area (Å²) in [7, 11) is 0. The molecule has 4 nitrogen and oxygen atoms in total. The number of hydrogen-bond acceptors (Lipinski definition) is 3. The minimum atomic E-state index is -0.175. The quantitative estimate of drug-likeness (QED) is 0.823. The zero-order valence-corrected chi connectivity index (χ0v) is 11.9. The fourth-order valence-electron chi connectivity index (χ4n) is 1.77. The van der Waals surface area contributed by atoms with Crippen molar-refractivity contribution >= 4 is 28.9 Å². The molecule has 2 rings (SSSR count). The summed E-state index contributed by atoms with van der Waals surface area (Å²) in [6.07, 6.45) is 2.55. The summed E-state index contributed by atoms with van der Waals surface area (Å²) in [6, 6.07) is 10.7. The van der Waals surface area contributed by atoms with Gasteiger partial charge in [-0.2, -0.15) is 0 Å². The van der Waals surface area contributed by atoms with E-state index in [1.165, 1.54) is 0 Å². The van der Waals surface area contributed by atoms with Crippen LogP contribution in [0.5, 0.6) is 0 Å². The predicted octanol–water partition coefficient (Wildman–Crippen LogP) is 3.81. The second-order valence-electron chi connectivity index (χ2n) is 4.29. The molecule has 0 aliphatic heterocycles. The largest absolute Gasteiger partial charge is 0.384 e. The van der Waals surface area contributed by atoms with Crippen LogP contribution in [0.2, 0.25) is 5.15 Å². The van der Waals surface area contributed by atoms with Gasteiger partial charge in [0.15, 0.2) is 0 Å². The third-order valence-corrected chi connectivity index (χ3v) is 2.93. The molecule has 0 saturated heterocycles. The number of carbonyl (C=O) groups excluding carboxylic acids is 1. The Morgan fingerprint density at radius 3 is 2.85 bits per heavy atom. The van der Waals surface area contributed by atoms with E-state index in [2.05, 4.69) is 22.5 Å². The van der Waals surface area contributed by atoms with E-state index in [0.29, 0.717) is 16.4 Å². The molecule has 0 aliphatic carbocycles. The molecule has 1 aromatic carbocycles. The molecule has 0 spiro atoms. The van der Waals surface area contributed by atoms with Crippen molar-refractivity contribution in [3.8, 4) is 0 Å². The van der Waals surface area contributed by atoms with Crippen molar-refractivity contribution < 1.29 is 4.79 Å². The van der Waals surface area contributed by atoms with E-state index in [0.717, 1.165) is 18.7 Å². The Morgan fingerprint density at radius 2 is 2.10 bits per heavy atom. The van der Waals surface area contributed by atoms with Gasteiger partial charge in [0, 0.05) is 24.1 Å². The van der Waals surface area contributed by atoms with Gasteiger partial charge in [-0.25, -0.2) is 4.98 Å². The predicted molar refractivity (Wildman–Crippen MR) is 82.4 cm³/mol. The van der Waals surface area contributed by atoms with Gasteiger partial charge in [-0.1, -0.05) is 30.7 Å². The van der Waals surface area contributed by atoms with Crippen molar-refractivity contribution in [2.75, 3.05) is 17.2 Å². The smallest absolute Gasteiger partial charge is 0.257 e. The summed E-state index contributed by atoms with van der Waals surface area (Å²) in [4.78, 5) is 16.2. The number of benzene rings is 1. The molecular formula is C15H16ClN3O. The van der Waals surface area contributed by atoms with E-state index in [-0.39, 0.29) is 5.91 Å². The first-order chi connectivity index (χ1) is 9.70. The van der Waals surface area contributed by atoms with E-state index in [4.69, 9.17) is 11.6 Å². The van der Waals surface area contributed by atoms with E-state index in [1.54, 1.807) is 24.4 Å². The van der Waals surface area contributed by atoms with Crippen molar-refractivity contribution in [1.29, 1.82) is 0 Å². The molecule has 104 valence electrons. The Morgan fingerprint density at radius 1 is 1.30 bits per heavy atom. The van der Waals surface area contributed by atoms with Crippen LogP contribution in [0, 0.1) is 0 Å². The monoisotopic (exact) mass is 289 g/mol. The summed E-state index contributed by atoms with van der Waals surface area (Å²) in [5, 5.41) is 6.40. The van der Waals surface area contributed by atoms with Crippen LogP contribution in [0.4, 0.5) is 11.4 Å². The minimum Gasteiger partial charge on any atom is -0.384 e. The Hall–Kier alpha value is -2.07. The number of rotatable bonds is 5. The lowest BCUT2D eigenvalue weighted by atomic mass is 10.1. The summed E-state index contributed by atoms with van der Waals surface area (Å²) in [5.41, 5.74) is 2.06. The number of carbonyl (C=O) groups is 1. The van der Waals surface area contributed by atoms with E-state index < -0.39 is 0 Å². The zero-order chi connectivity index (χ0) is 14.4. The Kier molecular flexibility index (Phi) is 4.96. The molecule has 0 saturated carbocycles. The van der Waals surface area contributed by atoms with Crippen LogP contribution in [-0.2, 0) is 0 Å². The SMILES string of the molecule is CCCNc1ccccc1C(=O)Nc1ccnc(Cl)c1. The number of pyridine rings is 1. The number of amides is 1. The molecule has 0 unspecified atom stereocenters. The van der Waals surface area contributed by atoms with Crippen LogP contribution in [0.15, 0.2) is 42.6 Å². The van der Waals surface area contributed by atoms with Crippen molar-refractivity contribution in [1.82, 2.24) is 4.98 Å². The lowest BCUT2D eigenvalue weighted by Gasteiger charge is -2.11. The van der Waals surface area contributed by atoms with Crippen molar-refractivity contribution in [3.05, 3.63) is 53.3 Å². The molecule has 2 aromatic rings. The number of para-hydroxylation sites is 1. The van der Waals surface area contributed by atoms with Crippen LogP contribution >= 0.6 is 11.6 Å². The van der Waals surface area contributed by atoms with Crippen LogP contribution in [0.25, 0.3) is 0 Å². The third kappa shape index (κ3) is 3.71. The molecule has 5 heteroatoms. The number of hydrogen-bond donors (Lipinski definition) is 2. The third-order valence-electron chi connectivity index (χ3n) is 2.72. The summed E-state index contributed by atoms with van der Waals surface area (Å²) >= 11 is 5.80. The number of nitrogens with one attached hydrogen (secondary N) is 2. The van der Waals surface area contributed by atoms with Gasteiger partial charge < -0.3 is 10.6 Å². The number of halogens is 1. The zero-order valence-electron chi connectivity index (χ0n) is 11.2. The second-order valence-corrected chi connectivity index (χ2v) is 4.68. The molecule has 0 bridgehead atoms. The molecule has 0 atom stereocenters. The van der Waals surface area contributed by atoms with E-state index >= 15 is 0 Å². The lowest BCUT2D eigenvalue weighted by molar-refractivity contribution is 0.102. The summed E-state index contributed by atoms with van der Waals surface area (Å²) < 4.78 is 0. The summed E-state index contributed by atoms with van der Waals surface area (Å²) in [5.74, 6) is -0.175. The van der Waals surface area contributed by atoms with Gasteiger partial charge in [0.25, 0.3) is 5.91 Å². The van der Waals surface area contributed by atoms with Crippen LogP contribution in [0.3, 0.4) is 0 Å². The molecule has 1 amide bonds. The molecule has 0 aliphatic rings. The van der Waals surface area contributed by atoms with Gasteiger partial charge in [0.2, 0.25) is 0 Å². The molecule has 20 heavy (non-hydrogen) atoms. The van der Waals surface area contributed by atoms with Gasteiger partial charge in [0.05, 0.1) is 5.56 Å². The number of nitrogens with zero attached hydrogens (tertiary/aromatic N) is 1. The van der Waals surface area contributed by atoms with Crippen molar-refractivity contribution in [2.45, 2.75) is 13.3 Å². The Labute approximate surface area is 123 Å². The Balaban J connectivity index is 2.16. The maximum atomic E-state index is 12.3. The molecule has 0 radical (unpaired) electrons. The molecule has 2 N–H and O–H groups in total. The normalized spacial score (nSPS) is 10.1. The fourth-order valence-corrected chi connectivity index (χ4v) is 1.95. The highest BCUT2D eigenvalue weighted by Crippen LogP contribution is 2.18. The first-order valence-corrected chi connectivity index (χ1v) is 6.84. The van der Waals surface area contributed by atoms with Crippen LogP contribution in [0.1, 0.15) is 23.7 Å². The molecule has 0 fully saturated rings. The van der Waals surface area contributed by atoms with Crippen LogP contribution in [-0.4, -0.2) is 17.4 Å². The van der Waals surface area contributed by atoms with Crippen molar-refractivity contribution in [3.63, 3.8) is 0 Å². The average molecular weight is 290 g/mol. The maximum Gasteiger partial charge on any atom is 0.257 e. The standard InChI is InChI=1S/C15H16ClN3O/c1-2-8-17-13-6-4-3-5-12(13)15(20)19-11-7-9-18-14(16)10-11/h3-7,9-10,17H,2,8H2,1H3,(H,18,19,20). The highest BCUT2D eigenvalue weighted by Gasteiger charge is 2.10. The van der Waals surface area contributed by atoms with Crippen molar-refractivity contribution in [2.24, 2.45) is 0 Å². The number of aromatic nitrogens is 1. The molecule has 1 aromatic heterocycles. The molecule has 1 heterocycles.